The monoisotopic (exact) mass is 204 g/mol. The zero-order valence-electron chi connectivity index (χ0n) is 9.40. The number of rotatable bonds is 4. The van der Waals surface area contributed by atoms with Crippen LogP contribution in [0.5, 0.6) is 5.75 Å². The summed E-state index contributed by atoms with van der Waals surface area (Å²) in [5, 5.41) is 4.01. The summed E-state index contributed by atoms with van der Waals surface area (Å²) in [7, 11) is 1.85. The van der Waals surface area contributed by atoms with Crippen LogP contribution >= 0.6 is 0 Å². The van der Waals surface area contributed by atoms with Crippen LogP contribution in [0.2, 0.25) is 0 Å². The van der Waals surface area contributed by atoms with Crippen molar-refractivity contribution < 1.29 is 4.74 Å². The minimum atomic E-state index is 0.712. The number of nitrogens with zero attached hydrogens (tertiary/aromatic N) is 2. The molecule has 0 aliphatic carbocycles. The van der Waals surface area contributed by atoms with Gasteiger partial charge in [0.05, 0.1) is 12.4 Å². The molecule has 0 fully saturated rings. The Kier molecular flexibility index (Phi) is 3.92. The van der Waals surface area contributed by atoms with Gasteiger partial charge in [0.1, 0.15) is 5.76 Å². The van der Waals surface area contributed by atoms with Crippen molar-refractivity contribution in [2.45, 2.75) is 13.8 Å². The molecule has 80 valence electrons. The molecule has 0 aromatic carbocycles. The lowest BCUT2D eigenvalue weighted by atomic mass is 10.3. The molecule has 0 bridgehead atoms. The van der Waals surface area contributed by atoms with Gasteiger partial charge in [0, 0.05) is 7.05 Å². The van der Waals surface area contributed by atoms with Gasteiger partial charge in [0.25, 0.3) is 0 Å². The second-order valence-electron chi connectivity index (χ2n) is 3.47. The largest absolute Gasteiger partial charge is 0.454 e. The van der Waals surface area contributed by atoms with E-state index in [1.165, 1.54) is 5.57 Å². The minimum absolute atomic E-state index is 0.712. The third-order valence-electron chi connectivity index (χ3n) is 1.70. The summed E-state index contributed by atoms with van der Waals surface area (Å²) in [4.78, 5) is 0. The molecule has 1 rings (SSSR count). The highest BCUT2D eigenvalue weighted by Gasteiger charge is 1.98. The molecule has 0 radical (unpaired) electrons. The van der Waals surface area contributed by atoms with Crippen LogP contribution in [0, 0.1) is 0 Å². The Morgan fingerprint density at radius 1 is 1.47 bits per heavy atom. The lowest BCUT2D eigenvalue weighted by molar-refractivity contribution is 0.444. The first-order valence-electron chi connectivity index (χ1n) is 4.76. The quantitative estimate of drug-likeness (QED) is 0.557. The van der Waals surface area contributed by atoms with Crippen molar-refractivity contribution in [2.24, 2.45) is 7.05 Å². The normalized spacial score (nSPS) is 11.0. The van der Waals surface area contributed by atoms with Crippen molar-refractivity contribution in [3.05, 3.63) is 48.5 Å². The Hall–Kier alpha value is -1.77. The van der Waals surface area contributed by atoms with Crippen LogP contribution in [0.25, 0.3) is 0 Å². The average molecular weight is 204 g/mol. The summed E-state index contributed by atoms with van der Waals surface area (Å²) in [5.74, 6) is 1.43. The summed E-state index contributed by atoms with van der Waals surface area (Å²) < 4.78 is 7.24. The predicted molar refractivity (Wildman–Crippen MR) is 61.5 cm³/mol. The molecule has 15 heavy (non-hydrogen) atoms. The summed E-state index contributed by atoms with van der Waals surface area (Å²) in [6, 6.07) is 0. The Morgan fingerprint density at radius 2 is 2.20 bits per heavy atom. The number of hydrogen-bond donors (Lipinski definition) is 0. The first-order chi connectivity index (χ1) is 7.11. The minimum Gasteiger partial charge on any atom is -0.454 e. The van der Waals surface area contributed by atoms with E-state index in [1.807, 2.05) is 33.0 Å². The first-order valence-corrected chi connectivity index (χ1v) is 4.76. The fourth-order valence-corrected chi connectivity index (χ4v) is 0.980. The van der Waals surface area contributed by atoms with Gasteiger partial charge in [-0.05, 0) is 26.0 Å². The second-order valence-corrected chi connectivity index (χ2v) is 3.47. The molecular weight excluding hydrogens is 188 g/mol. The van der Waals surface area contributed by atoms with E-state index in [4.69, 9.17) is 4.74 Å². The molecule has 0 aliphatic rings. The number of aryl methyl sites for hydroxylation is 1. The van der Waals surface area contributed by atoms with E-state index < -0.39 is 0 Å². The van der Waals surface area contributed by atoms with Crippen LogP contribution < -0.4 is 4.74 Å². The summed E-state index contributed by atoms with van der Waals surface area (Å²) in [6.07, 6.45) is 9.01. The van der Waals surface area contributed by atoms with Crippen LogP contribution in [-0.2, 0) is 7.05 Å². The zero-order chi connectivity index (χ0) is 11.3. The van der Waals surface area contributed by atoms with Gasteiger partial charge in [0.15, 0.2) is 5.75 Å². The Bertz CT molecular complexity index is 396. The SMILES string of the molecule is C=C/C(=C\C=C(C)C)Oc1cnn(C)c1. The molecule has 1 heterocycles. The Labute approximate surface area is 90.4 Å². The summed E-state index contributed by atoms with van der Waals surface area (Å²) in [5.41, 5.74) is 1.21. The third-order valence-corrected chi connectivity index (χ3v) is 1.70. The smallest absolute Gasteiger partial charge is 0.165 e. The van der Waals surface area contributed by atoms with Crippen LogP contribution in [0.1, 0.15) is 13.8 Å². The summed E-state index contributed by atoms with van der Waals surface area (Å²) >= 11 is 0. The van der Waals surface area contributed by atoms with E-state index in [0.29, 0.717) is 11.5 Å². The van der Waals surface area contributed by atoms with Crippen LogP contribution in [0.15, 0.2) is 48.5 Å². The molecule has 0 saturated heterocycles. The summed E-state index contributed by atoms with van der Waals surface area (Å²) in [6.45, 7) is 7.75. The molecule has 0 N–H and O–H groups in total. The highest BCUT2D eigenvalue weighted by atomic mass is 16.5. The van der Waals surface area contributed by atoms with Crippen molar-refractivity contribution in [3.63, 3.8) is 0 Å². The van der Waals surface area contributed by atoms with Crippen LogP contribution in [0.3, 0.4) is 0 Å². The molecular formula is C12H16N2O. The maximum Gasteiger partial charge on any atom is 0.165 e. The van der Waals surface area contributed by atoms with Gasteiger partial charge in [-0.1, -0.05) is 18.2 Å². The molecule has 0 spiro atoms. The van der Waals surface area contributed by atoms with Crippen molar-refractivity contribution in [1.82, 2.24) is 9.78 Å². The van der Waals surface area contributed by atoms with E-state index in [1.54, 1.807) is 23.2 Å². The maximum atomic E-state index is 5.55. The average Bonchev–Trinajstić information content (AvgIpc) is 2.58. The van der Waals surface area contributed by atoms with Gasteiger partial charge < -0.3 is 4.74 Å². The third kappa shape index (κ3) is 3.85. The fraction of sp³-hybridized carbons (Fsp3) is 0.250. The van der Waals surface area contributed by atoms with E-state index in [-0.39, 0.29) is 0 Å². The van der Waals surface area contributed by atoms with E-state index in [9.17, 15) is 0 Å². The number of hydrogen-bond acceptors (Lipinski definition) is 2. The Balaban J connectivity index is 2.74. The standard InChI is InChI=1S/C12H16N2O/c1-5-11(7-6-10(2)3)15-12-8-13-14(4)9-12/h5-9H,1H2,2-4H3/b11-7+. The first kappa shape index (κ1) is 11.3. The second kappa shape index (κ2) is 5.20. The molecule has 0 amide bonds. The number of ether oxygens (including phenoxy) is 1. The van der Waals surface area contributed by atoms with Crippen LogP contribution in [0.4, 0.5) is 0 Å². The molecule has 1 aromatic heterocycles. The predicted octanol–water partition coefficient (Wildman–Crippen LogP) is 2.84. The van der Waals surface area contributed by atoms with Gasteiger partial charge in [-0.15, -0.1) is 0 Å². The van der Waals surface area contributed by atoms with Gasteiger partial charge in [-0.3, -0.25) is 4.68 Å². The molecule has 1 aromatic rings. The van der Waals surface area contributed by atoms with Crippen molar-refractivity contribution in [1.29, 1.82) is 0 Å². The molecule has 3 heteroatoms. The topological polar surface area (TPSA) is 27.1 Å². The van der Waals surface area contributed by atoms with E-state index >= 15 is 0 Å². The lowest BCUT2D eigenvalue weighted by Crippen LogP contribution is -1.90. The van der Waals surface area contributed by atoms with E-state index in [2.05, 4.69) is 11.7 Å². The molecule has 3 nitrogen and oxygen atoms in total. The lowest BCUT2D eigenvalue weighted by Gasteiger charge is -2.01. The molecule has 0 aliphatic heterocycles. The number of aromatic nitrogens is 2. The van der Waals surface area contributed by atoms with E-state index in [0.717, 1.165) is 0 Å². The number of allylic oxidation sites excluding steroid dienone is 4. The van der Waals surface area contributed by atoms with Gasteiger partial charge in [-0.2, -0.15) is 5.10 Å². The Morgan fingerprint density at radius 3 is 2.67 bits per heavy atom. The molecule has 0 saturated carbocycles. The highest BCUT2D eigenvalue weighted by molar-refractivity contribution is 5.24. The van der Waals surface area contributed by atoms with Crippen LogP contribution in [-0.4, -0.2) is 9.78 Å². The molecule has 0 atom stereocenters. The zero-order valence-corrected chi connectivity index (χ0v) is 9.40. The van der Waals surface area contributed by atoms with Gasteiger partial charge in [-0.25, -0.2) is 0 Å². The van der Waals surface area contributed by atoms with Gasteiger partial charge in [0.2, 0.25) is 0 Å². The van der Waals surface area contributed by atoms with Crippen molar-refractivity contribution in [2.75, 3.05) is 0 Å². The van der Waals surface area contributed by atoms with Gasteiger partial charge >= 0.3 is 0 Å². The fourth-order valence-electron chi connectivity index (χ4n) is 0.980. The maximum absolute atomic E-state index is 5.55. The van der Waals surface area contributed by atoms with Crippen molar-refractivity contribution >= 4 is 0 Å². The molecule has 0 unspecified atom stereocenters. The van der Waals surface area contributed by atoms with Crippen molar-refractivity contribution in [3.8, 4) is 5.75 Å². The highest BCUT2D eigenvalue weighted by Crippen LogP contribution is 2.12.